The molecule has 0 aliphatic rings. The van der Waals surface area contributed by atoms with Gasteiger partial charge in [-0.05, 0) is 56.8 Å². The highest BCUT2D eigenvalue weighted by Gasteiger charge is 2.14. The minimum atomic E-state index is 0.378. The summed E-state index contributed by atoms with van der Waals surface area (Å²) in [7, 11) is 0. The van der Waals surface area contributed by atoms with Gasteiger partial charge in [-0.2, -0.15) is 0 Å². The Balaban J connectivity index is 2.16. The van der Waals surface area contributed by atoms with Crippen LogP contribution in [0.4, 0.5) is 0 Å². The first-order chi connectivity index (χ1) is 9.60. The lowest BCUT2D eigenvalue weighted by Crippen LogP contribution is -2.23. The second-order valence-electron chi connectivity index (χ2n) is 5.41. The highest BCUT2D eigenvalue weighted by Crippen LogP contribution is 2.24. The zero-order valence-electron chi connectivity index (χ0n) is 12.9. The topological polar surface area (TPSA) is 24.9 Å². The molecular weight excluding hydrogens is 264 g/mol. The van der Waals surface area contributed by atoms with Gasteiger partial charge in [0.2, 0.25) is 0 Å². The van der Waals surface area contributed by atoms with Crippen LogP contribution in [0.15, 0.2) is 24.4 Å². The van der Waals surface area contributed by atoms with Gasteiger partial charge in [-0.1, -0.05) is 25.1 Å². The monoisotopic (exact) mass is 288 g/mol. The predicted octanol–water partition coefficient (Wildman–Crippen LogP) is 4.35. The number of hydrogen-bond donors (Lipinski definition) is 1. The largest absolute Gasteiger partial charge is 0.309 e. The molecule has 1 atom stereocenters. The van der Waals surface area contributed by atoms with E-state index in [-0.39, 0.29) is 0 Å². The lowest BCUT2D eigenvalue weighted by atomic mass is 10.0. The molecule has 0 spiro atoms. The number of thiazole rings is 1. The summed E-state index contributed by atoms with van der Waals surface area (Å²) >= 11 is 1.80. The van der Waals surface area contributed by atoms with Gasteiger partial charge in [0.25, 0.3) is 0 Å². The summed E-state index contributed by atoms with van der Waals surface area (Å²) < 4.78 is 0. The molecule has 0 bridgehead atoms. The van der Waals surface area contributed by atoms with Gasteiger partial charge in [0, 0.05) is 17.1 Å². The zero-order chi connectivity index (χ0) is 14.5. The van der Waals surface area contributed by atoms with Crippen molar-refractivity contribution in [2.75, 3.05) is 6.54 Å². The molecule has 2 rings (SSSR count). The average Bonchev–Trinajstić information content (AvgIpc) is 2.85. The number of nitrogens with one attached hydrogen (secondary N) is 1. The second-order valence-corrected chi connectivity index (χ2v) is 6.68. The van der Waals surface area contributed by atoms with Gasteiger partial charge in [0.1, 0.15) is 0 Å². The van der Waals surface area contributed by atoms with E-state index in [4.69, 9.17) is 0 Å². The summed E-state index contributed by atoms with van der Waals surface area (Å²) in [5, 5.41) is 4.79. The molecule has 1 N–H and O–H groups in total. The number of rotatable bonds is 6. The number of aromatic nitrogens is 1. The van der Waals surface area contributed by atoms with Crippen LogP contribution < -0.4 is 5.32 Å². The summed E-state index contributed by atoms with van der Waals surface area (Å²) in [4.78, 5) is 5.74. The van der Waals surface area contributed by atoms with Crippen molar-refractivity contribution in [2.24, 2.45) is 0 Å². The first kappa shape index (κ1) is 15.2. The minimum absolute atomic E-state index is 0.378. The highest BCUT2D eigenvalue weighted by atomic mass is 32.1. The second kappa shape index (κ2) is 7.00. The first-order valence-electron chi connectivity index (χ1n) is 7.32. The van der Waals surface area contributed by atoms with Crippen LogP contribution in [0.1, 0.15) is 46.0 Å². The van der Waals surface area contributed by atoms with Gasteiger partial charge >= 0.3 is 0 Å². The Bertz CT molecular complexity index is 560. The van der Waals surface area contributed by atoms with Crippen LogP contribution in [0, 0.1) is 20.8 Å². The smallest absolute Gasteiger partial charge is 0.0897 e. The van der Waals surface area contributed by atoms with Crippen LogP contribution >= 0.6 is 11.3 Å². The van der Waals surface area contributed by atoms with Crippen LogP contribution in [0.5, 0.6) is 0 Å². The summed E-state index contributed by atoms with van der Waals surface area (Å²) in [5.41, 5.74) is 4.13. The van der Waals surface area contributed by atoms with Crippen molar-refractivity contribution in [3.05, 3.63) is 51.0 Å². The van der Waals surface area contributed by atoms with Gasteiger partial charge in [0.15, 0.2) is 0 Å². The van der Waals surface area contributed by atoms with E-state index in [1.165, 1.54) is 21.6 Å². The van der Waals surface area contributed by atoms with E-state index >= 15 is 0 Å². The van der Waals surface area contributed by atoms with Crippen LogP contribution in [-0.2, 0) is 6.42 Å². The molecule has 1 aromatic carbocycles. The number of aryl methyl sites for hydroxylation is 3. The molecule has 0 aliphatic carbocycles. The highest BCUT2D eigenvalue weighted by molar-refractivity contribution is 7.11. The summed E-state index contributed by atoms with van der Waals surface area (Å²) in [6, 6.07) is 7.16. The maximum absolute atomic E-state index is 4.40. The van der Waals surface area contributed by atoms with E-state index in [0.29, 0.717) is 6.04 Å². The molecule has 0 saturated heterocycles. The van der Waals surface area contributed by atoms with Gasteiger partial charge in [-0.3, -0.25) is 0 Å². The average molecular weight is 288 g/mol. The third-order valence-corrected chi connectivity index (χ3v) is 4.66. The SMILES string of the molecule is CCCNC(Cc1ccc(C)c(C)c1)c1cnc(C)s1. The van der Waals surface area contributed by atoms with E-state index in [1.807, 2.05) is 6.20 Å². The van der Waals surface area contributed by atoms with E-state index in [0.717, 1.165) is 24.4 Å². The molecule has 108 valence electrons. The quantitative estimate of drug-likeness (QED) is 0.854. The Kier molecular flexibility index (Phi) is 5.32. The van der Waals surface area contributed by atoms with Gasteiger partial charge < -0.3 is 5.32 Å². The van der Waals surface area contributed by atoms with Gasteiger partial charge in [0.05, 0.1) is 5.01 Å². The van der Waals surface area contributed by atoms with Gasteiger partial charge in [-0.25, -0.2) is 4.98 Å². The number of benzene rings is 1. The van der Waals surface area contributed by atoms with Crippen LogP contribution in [0.25, 0.3) is 0 Å². The van der Waals surface area contributed by atoms with Crippen molar-refractivity contribution in [3.63, 3.8) is 0 Å². The number of nitrogens with zero attached hydrogens (tertiary/aromatic N) is 1. The third-order valence-electron chi connectivity index (χ3n) is 3.63. The van der Waals surface area contributed by atoms with Crippen molar-refractivity contribution in [1.82, 2.24) is 10.3 Å². The molecule has 0 amide bonds. The molecule has 1 heterocycles. The van der Waals surface area contributed by atoms with Crippen molar-refractivity contribution in [1.29, 1.82) is 0 Å². The van der Waals surface area contributed by atoms with Crippen molar-refractivity contribution in [2.45, 2.75) is 46.6 Å². The Morgan fingerprint density at radius 2 is 2.00 bits per heavy atom. The normalized spacial score (nSPS) is 12.6. The molecule has 2 nitrogen and oxygen atoms in total. The number of hydrogen-bond acceptors (Lipinski definition) is 3. The summed E-state index contributed by atoms with van der Waals surface area (Å²) in [5.74, 6) is 0. The Hall–Kier alpha value is -1.19. The van der Waals surface area contributed by atoms with E-state index in [9.17, 15) is 0 Å². The van der Waals surface area contributed by atoms with E-state index in [2.05, 4.69) is 56.2 Å². The lowest BCUT2D eigenvalue weighted by Gasteiger charge is -2.17. The Morgan fingerprint density at radius 1 is 1.20 bits per heavy atom. The fraction of sp³-hybridized carbons (Fsp3) is 0.471. The zero-order valence-corrected chi connectivity index (χ0v) is 13.7. The molecule has 1 aromatic heterocycles. The van der Waals surface area contributed by atoms with Crippen molar-refractivity contribution >= 4 is 11.3 Å². The fourth-order valence-corrected chi connectivity index (χ4v) is 3.16. The predicted molar refractivity (Wildman–Crippen MR) is 87.5 cm³/mol. The Morgan fingerprint density at radius 3 is 2.60 bits per heavy atom. The van der Waals surface area contributed by atoms with Crippen molar-refractivity contribution < 1.29 is 0 Å². The van der Waals surface area contributed by atoms with Gasteiger partial charge in [-0.15, -0.1) is 11.3 Å². The lowest BCUT2D eigenvalue weighted by molar-refractivity contribution is 0.536. The molecule has 2 aromatic rings. The molecule has 0 saturated carbocycles. The molecule has 0 aliphatic heterocycles. The van der Waals surface area contributed by atoms with Crippen molar-refractivity contribution in [3.8, 4) is 0 Å². The molecule has 0 radical (unpaired) electrons. The maximum Gasteiger partial charge on any atom is 0.0897 e. The minimum Gasteiger partial charge on any atom is -0.309 e. The summed E-state index contributed by atoms with van der Waals surface area (Å²) in [6.45, 7) is 9.67. The van der Waals surface area contributed by atoms with Crippen LogP contribution in [0.2, 0.25) is 0 Å². The molecule has 0 fully saturated rings. The van der Waals surface area contributed by atoms with Crippen LogP contribution in [-0.4, -0.2) is 11.5 Å². The summed E-state index contributed by atoms with van der Waals surface area (Å²) in [6.07, 6.45) is 4.21. The maximum atomic E-state index is 4.40. The molecule has 20 heavy (non-hydrogen) atoms. The standard InChI is InChI=1S/C17H24N2S/c1-5-8-18-16(17-11-19-14(4)20-17)10-15-7-6-12(2)13(3)9-15/h6-7,9,11,16,18H,5,8,10H2,1-4H3. The van der Waals surface area contributed by atoms with Crippen LogP contribution in [0.3, 0.4) is 0 Å². The Labute approximate surface area is 126 Å². The van der Waals surface area contributed by atoms with E-state index < -0.39 is 0 Å². The fourth-order valence-electron chi connectivity index (χ4n) is 2.30. The molecule has 3 heteroatoms. The first-order valence-corrected chi connectivity index (χ1v) is 8.13. The molecular formula is C17H24N2S. The van der Waals surface area contributed by atoms with E-state index in [1.54, 1.807) is 11.3 Å². The molecule has 1 unspecified atom stereocenters. The third kappa shape index (κ3) is 3.90.